The van der Waals surface area contributed by atoms with Gasteiger partial charge in [0.05, 0.1) is 11.6 Å². The number of nitrogens with zero attached hydrogens (tertiary/aromatic N) is 2. The Kier molecular flexibility index (Phi) is 5.73. The maximum Gasteiger partial charge on any atom is 0.303 e. The highest BCUT2D eigenvalue weighted by Gasteiger charge is 2.08. The van der Waals surface area contributed by atoms with Crippen molar-refractivity contribution in [1.82, 2.24) is 4.57 Å². The number of aryl methyl sites for hydroxylation is 2. The number of hydrogen-bond acceptors (Lipinski definition) is 2. The fraction of sp³-hybridized carbons (Fsp3) is 0.217. The molecule has 0 unspecified atom stereocenters. The van der Waals surface area contributed by atoms with E-state index in [9.17, 15) is 10.1 Å². The lowest BCUT2D eigenvalue weighted by molar-refractivity contribution is -0.136. The van der Waals surface area contributed by atoms with Gasteiger partial charge in [-0.25, -0.2) is 0 Å². The Morgan fingerprint density at radius 3 is 2.52 bits per heavy atom. The molecule has 136 valence electrons. The molecule has 1 aromatic heterocycles. The van der Waals surface area contributed by atoms with E-state index >= 15 is 0 Å². The predicted octanol–water partition coefficient (Wildman–Crippen LogP) is 4.65. The van der Waals surface area contributed by atoms with Crippen LogP contribution in [0.1, 0.15) is 35.7 Å². The first-order chi connectivity index (χ1) is 13.1. The van der Waals surface area contributed by atoms with Crippen LogP contribution in [0.3, 0.4) is 0 Å². The number of nitriles is 1. The van der Waals surface area contributed by atoms with Crippen LogP contribution in [0.15, 0.2) is 60.8 Å². The molecule has 0 amide bonds. The minimum Gasteiger partial charge on any atom is -0.481 e. The fourth-order valence-corrected chi connectivity index (χ4v) is 3.28. The molecule has 0 atom stereocenters. The maximum absolute atomic E-state index is 10.8. The Morgan fingerprint density at radius 2 is 1.85 bits per heavy atom. The Balaban J connectivity index is 1.79. The van der Waals surface area contributed by atoms with Crippen LogP contribution >= 0.6 is 0 Å². The predicted molar refractivity (Wildman–Crippen MR) is 105 cm³/mol. The smallest absolute Gasteiger partial charge is 0.303 e. The minimum absolute atomic E-state index is 0.153. The molecule has 0 aliphatic heterocycles. The molecule has 4 nitrogen and oxygen atoms in total. The Hall–Kier alpha value is -3.32. The van der Waals surface area contributed by atoms with E-state index in [0.29, 0.717) is 12.0 Å². The van der Waals surface area contributed by atoms with Gasteiger partial charge in [-0.05, 0) is 47.2 Å². The molecule has 0 aliphatic carbocycles. The van der Waals surface area contributed by atoms with Crippen LogP contribution in [0.2, 0.25) is 0 Å². The van der Waals surface area contributed by atoms with Crippen molar-refractivity contribution in [3.63, 3.8) is 0 Å². The van der Waals surface area contributed by atoms with Gasteiger partial charge in [0.15, 0.2) is 0 Å². The summed E-state index contributed by atoms with van der Waals surface area (Å²) < 4.78 is 2.19. The summed E-state index contributed by atoms with van der Waals surface area (Å²) in [5, 5.41) is 18.2. The van der Waals surface area contributed by atoms with E-state index < -0.39 is 5.97 Å². The van der Waals surface area contributed by atoms with E-state index in [0.717, 1.165) is 29.7 Å². The second-order valence-corrected chi connectivity index (χ2v) is 6.57. The number of carboxylic acid groups (broad SMARTS) is 1. The van der Waals surface area contributed by atoms with E-state index in [-0.39, 0.29) is 6.42 Å². The molecule has 4 heteroatoms. The van der Waals surface area contributed by atoms with Crippen molar-refractivity contribution >= 4 is 5.97 Å². The first-order valence-electron chi connectivity index (χ1n) is 9.09. The SMILES string of the molecule is CCc1cc(CCC(=O)O)cn1Cc1ccc(-c2ccccc2C#N)cc1. The van der Waals surface area contributed by atoms with Gasteiger partial charge in [-0.1, -0.05) is 49.4 Å². The minimum atomic E-state index is -0.769. The Morgan fingerprint density at radius 1 is 1.11 bits per heavy atom. The highest BCUT2D eigenvalue weighted by Crippen LogP contribution is 2.24. The number of rotatable bonds is 7. The van der Waals surface area contributed by atoms with Crippen LogP contribution in [0.4, 0.5) is 0 Å². The molecular formula is C23H22N2O2. The Labute approximate surface area is 159 Å². The number of benzene rings is 2. The zero-order valence-electron chi connectivity index (χ0n) is 15.4. The monoisotopic (exact) mass is 358 g/mol. The molecular weight excluding hydrogens is 336 g/mol. The lowest BCUT2D eigenvalue weighted by atomic mass is 9.99. The molecule has 0 radical (unpaired) electrons. The molecule has 0 spiro atoms. The molecule has 1 N–H and O–H groups in total. The van der Waals surface area contributed by atoms with Crippen LogP contribution in [-0.4, -0.2) is 15.6 Å². The largest absolute Gasteiger partial charge is 0.481 e. The van der Waals surface area contributed by atoms with Crippen LogP contribution < -0.4 is 0 Å². The van der Waals surface area contributed by atoms with Crippen molar-refractivity contribution in [3.05, 3.63) is 83.2 Å². The summed E-state index contributed by atoms with van der Waals surface area (Å²) in [5.74, 6) is -0.769. The Bertz CT molecular complexity index is 978. The van der Waals surface area contributed by atoms with E-state index in [1.807, 2.05) is 36.4 Å². The maximum atomic E-state index is 10.8. The topological polar surface area (TPSA) is 66.0 Å². The second kappa shape index (κ2) is 8.37. The summed E-state index contributed by atoms with van der Waals surface area (Å²) in [6.45, 7) is 2.85. The third-order valence-corrected chi connectivity index (χ3v) is 4.70. The molecule has 2 aromatic carbocycles. The third-order valence-electron chi connectivity index (χ3n) is 4.70. The first-order valence-corrected chi connectivity index (χ1v) is 9.09. The molecule has 0 fully saturated rings. The van der Waals surface area contributed by atoms with Crippen molar-refractivity contribution in [2.75, 3.05) is 0 Å². The van der Waals surface area contributed by atoms with E-state index in [2.05, 4.69) is 42.0 Å². The van der Waals surface area contributed by atoms with Crippen LogP contribution in [-0.2, 0) is 24.2 Å². The first kappa shape index (κ1) is 18.5. The lowest BCUT2D eigenvalue weighted by Gasteiger charge is -2.09. The van der Waals surface area contributed by atoms with Gasteiger partial charge in [-0.2, -0.15) is 5.26 Å². The van der Waals surface area contributed by atoms with Crippen molar-refractivity contribution in [2.24, 2.45) is 0 Å². The number of carbonyl (C=O) groups is 1. The standard InChI is InChI=1S/C23H22N2O2/c1-2-21-13-18(9-12-23(26)27)16-25(21)15-17-7-10-19(11-8-17)22-6-4-3-5-20(22)14-24/h3-8,10-11,13,16H,2,9,12,15H2,1H3,(H,26,27). The second-order valence-electron chi connectivity index (χ2n) is 6.57. The average Bonchev–Trinajstić information content (AvgIpc) is 3.08. The number of aliphatic carboxylic acids is 1. The number of aromatic nitrogens is 1. The molecule has 0 saturated carbocycles. The van der Waals surface area contributed by atoms with Crippen molar-refractivity contribution in [2.45, 2.75) is 32.7 Å². The van der Waals surface area contributed by atoms with Gasteiger partial charge in [-0.15, -0.1) is 0 Å². The summed E-state index contributed by atoms with van der Waals surface area (Å²) >= 11 is 0. The lowest BCUT2D eigenvalue weighted by Crippen LogP contribution is -2.02. The van der Waals surface area contributed by atoms with Crippen LogP contribution in [0.25, 0.3) is 11.1 Å². The summed E-state index contributed by atoms with van der Waals surface area (Å²) in [7, 11) is 0. The quantitative estimate of drug-likeness (QED) is 0.668. The van der Waals surface area contributed by atoms with Crippen LogP contribution in [0.5, 0.6) is 0 Å². The van der Waals surface area contributed by atoms with Gasteiger partial charge >= 0.3 is 5.97 Å². The summed E-state index contributed by atoms with van der Waals surface area (Å²) in [4.78, 5) is 10.8. The molecule has 1 heterocycles. The molecule has 0 saturated heterocycles. The normalized spacial score (nSPS) is 10.5. The summed E-state index contributed by atoms with van der Waals surface area (Å²) in [6.07, 6.45) is 3.67. The molecule has 27 heavy (non-hydrogen) atoms. The van der Waals surface area contributed by atoms with Gasteiger partial charge < -0.3 is 9.67 Å². The number of hydrogen-bond donors (Lipinski definition) is 1. The van der Waals surface area contributed by atoms with Gasteiger partial charge in [-0.3, -0.25) is 4.79 Å². The van der Waals surface area contributed by atoms with E-state index in [4.69, 9.17) is 5.11 Å². The highest BCUT2D eigenvalue weighted by atomic mass is 16.4. The zero-order chi connectivity index (χ0) is 19.2. The van der Waals surface area contributed by atoms with Crippen LogP contribution in [0, 0.1) is 11.3 Å². The summed E-state index contributed by atoms with van der Waals surface area (Å²) in [5.41, 5.74) is 6.08. The van der Waals surface area contributed by atoms with E-state index in [1.54, 1.807) is 0 Å². The molecule has 3 aromatic rings. The van der Waals surface area contributed by atoms with Gasteiger partial charge in [0.25, 0.3) is 0 Å². The van der Waals surface area contributed by atoms with E-state index in [1.165, 1.54) is 11.3 Å². The highest BCUT2D eigenvalue weighted by molar-refractivity contribution is 5.70. The van der Waals surface area contributed by atoms with Crippen molar-refractivity contribution < 1.29 is 9.90 Å². The van der Waals surface area contributed by atoms with Gasteiger partial charge in [0, 0.05) is 24.9 Å². The fourth-order valence-electron chi connectivity index (χ4n) is 3.28. The average molecular weight is 358 g/mol. The van der Waals surface area contributed by atoms with Crippen molar-refractivity contribution in [1.29, 1.82) is 5.26 Å². The zero-order valence-corrected chi connectivity index (χ0v) is 15.4. The molecule has 3 rings (SSSR count). The molecule has 0 aliphatic rings. The van der Waals surface area contributed by atoms with Gasteiger partial charge in [0.2, 0.25) is 0 Å². The molecule has 0 bridgehead atoms. The van der Waals surface area contributed by atoms with Gasteiger partial charge in [0.1, 0.15) is 0 Å². The summed E-state index contributed by atoms with van der Waals surface area (Å²) in [6, 6.07) is 20.2. The van der Waals surface area contributed by atoms with Crippen molar-refractivity contribution in [3.8, 4) is 17.2 Å². The third kappa shape index (κ3) is 4.45. The number of carboxylic acids is 1.